The molecule has 0 saturated heterocycles. The highest BCUT2D eigenvalue weighted by Crippen LogP contribution is 2.41. The van der Waals surface area contributed by atoms with Crippen LogP contribution in [-0.2, 0) is 10.8 Å². The van der Waals surface area contributed by atoms with Crippen LogP contribution in [0, 0.1) is 0 Å². The predicted octanol–water partition coefficient (Wildman–Crippen LogP) is 5.16. The van der Waals surface area contributed by atoms with Crippen molar-refractivity contribution in [2.75, 3.05) is 0 Å². The summed E-state index contributed by atoms with van der Waals surface area (Å²) in [4.78, 5) is 0. The third-order valence-corrected chi connectivity index (χ3v) is 5.64. The van der Waals surface area contributed by atoms with Crippen LogP contribution >= 0.6 is 0 Å². The van der Waals surface area contributed by atoms with E-state index >= 15 is 0 Å². The number of rotatable bonds is 4. The van der Waals surface area contributed by atoms with Gasteiger partial charge in [0, 0.05) is 22.0 Å². The molecule has 0 aromatic heterocycles. The summed E-state index contributed by atoms with van der Waals surface area (Å²) in [6.45, 7) is 7.96. The van der Waals surface area contributed by atoms with Crippen molar-refractivity contribution in [2.24, 2.45) is 0 Å². The Labute approximate surface area is 165 Å². The maximum absolute atomic E-state index is 10.3. The molecule has 4 heteroatoms. The SMILES string of the molecule is CC(C)(c1ccc(C(C)(C)c2cc(O)ccc2O)cc1)c1cc(O)ccc1O. The Morgan fingerprint density at radius 3 is 1.14 bits per heavy atom. The van der Waals surface area contributed by atoms with E-state index in [0.717, 1.165) is 11.1 Å². The first kappa shape index (κ1) is 19.6. The second kappa shape index (κ2) is 6.79. The van der Waals surface area contributed by atoms with E-state index in [1.807, 2.05) is 52.0 Å². The van der Waals surface area contributed by atoms with Gasteiger partial charge in [-0.15, -0.1) is 0 Å². The fraction of sp³-hybridized carbons (Fsp3) is 0.250. The molecule has 0 unspecified atom stereocenters. The monoisotopic (exact) mass is 378 g/mol. The van der Waals surface area contributed by atoms with Gasteiger partial charge in [-0.2, -0.15) is 0 Å². The molecule has 0 bridgehead atoms. The largest absolute Gasteiger partial charge is 0.508 e. The second-order valence-corrected chi connectivity index (χ2v) is 8.23. The summed E-state index contributed by atoms with van der Waals surface area (Å²) in [6, 6.07) is 17.0. The highest BCUT2D eigenvalue weighted by Gasteiger charge is 2.29. The lowest BCUT2D eigenvalue weighted by atomic mass is 9.74. The van der Waals surface area contributed by atoms with Gasteiger partial charge >= 0.3 is 0 Å². The van der Waals surface area contributed by atoms with Crippen LogP contribution in [0.2, 0.25) is 0 Å². The maximum atomic E-state index is 10.3. The molecule has 4 nitrogen and oxygen atoms in total. The minimum atomic E-state index is -0.515. The zero-order valence-electron chi connectivity index (χ0n) is 16.6. The summed E-state index contributed by atoms with van der Waals surface area (Å²) in [7, 11) is 0. The van der Waals surface area contributed by atoms with E-state index in [2.05, 4.69) is 0 Å². The lowest BCUT2D eigenvalue weighted by molar-refractivity contribution is 0.440. The topological polar surface area (TPSA) is 80.9 Å². The van der Waals surface area contributed by atoms with E-state index in [1.54, 1.807) is 12.1 Å². The molecule has 0 aliphatic rings. The van der Waals surface area contributed by atoms with Crippen molar-refractivity contribution < 1.29 is 20.4 Å². The predicted molar refractivity (Wildman–Crippen MR) is 110 cm³/mol. The van der Waals surface area contributed by atoms with Gasteiger partial charge in [0.05, 0.1) is 0 Å². The minimum absolute atomic E-state index is 0.109. The molecule has 0 amide bonds. The van der Waals surface area contributed by atoms with E-state index in [4.69, 9.17) is 0 Å². The Balaban J connectivity index is 2.01. The van der Waals surface area contributed by atoms with Gasteiger partial charge in [0.2, 0.25) is 0 Å². The lowest BCUT2D eigenvalue weighted by Gasteiger charge is -2.30. The smallest absolute Gasteiger partial charge is 0.119 e. The first-order chi connectivity index (χ1) is 13.0. The first-order valence-electron chi connectivity index (χ1n) is 9.19. The third kappa shape index (κ3) is 3.38. The van der Waals surface area contributed by atoms with Gasteiger partial charge in [-0.05, 0) is 47.5 Å². The van der Waals surface area contributed by atoms with Crippen molar-refractivity contribution in [2.45, 2.75) is 38.5 Å². The van der Waals surface area contributed by atoms with Crippen LogP contribution in [0.5, 0.6) is 23.0 Å². The Bertz CT molecular complexity index is 919. The summed E-state index contributed by atoms with van der Waals surface area (Å²) >= 11 is 0. The summed E-state index contributed by atoms with van der Waals surface area (Å²) < 4.78 is 0. The second-order valence-electron chi connectivity index (χ2n) is 8.23. The average Bonchev–Trinajstić information content (AvgIpc) is 2.65. The molecule has 0 radical (unpaired) electrons. The van der Waals surface area contributed by atoms with E-state index < -0.39 is 10.8 Å². The Morgan fingerprint density at radius 2 is 0.821 bits per heavy atom. The molecule has 0 saturated carbocycles. The van der Waals surface area contributed by atoms with Crippen molar-refractivity contribution in [1.82, 2.24) is 0 Å². The van der Waals surface area contributed by atoms with Gasteiger partial charge < -0.3 is 20.4 Å². The standard InChI is InChI=1S/C24H26O4/c1-23(2,19-13-17(25)9-11-21(19)27)15-5-7-16(8-6-15)24(3,4)20-14-18(26)10-12-22(20)28/h5-14,25-28H,1-4H3. The highest BCUT2D eigenvalue weighted by atomic mass is 16.3. The molecule has 4 N–H and O–H groups in total. The van der Waals surface area contributed by atoms with Gasteiger partial charge in [-0.3, -0.25) is 0 Å². The van der Waals surface area contributed by atoms with Crippen LogP contribution in [0.25, 0.3) is 0 Å². The lowest BCUT2D eigenvalue weighted by Crippen LogP contribution is -2.21. The number of hydrogen-bond acceptors (Lipinski definition) is 4. The zero-order chi connectivity index (χ0) is 20.7. The molecule has 3 aromatic carbocycles. The molecule has 3 aromatic rings. The van der Waals surface area contributed by atoms with Gasteiger partial charge in [0.15, 0.2) is 0 Å². The fourth-order valence-corrected chi connectivity index (χ4v) is 3.66. The van der Waals surface area contributed by atoms with Crippen LogP contribution in [0.15, 0.2) is 60.7 Å². The summed E-state index contributed by atoms with van der Waals surface area (Å²) in [6.07, 6.45) is 0. The molecule has 28 heavy (non-hydrogen) atoms. The van der Waals surface area contributed by atoms with Crippen LogP contribution in [0.4, 0.5) is 0 Å². The van der Waals surface area contributed by atoms with Crippen LogP contribution in [0.1, 0.15) is 49.9 Å². The van der Waals surface area contributed by atoms with Gasteiger partial charge in [0.1, 0.15) is 23.0 Å². The van der Waals surface area contributed by atoms with Crippen molar-refractivity contribution in [1.29, 1.82) is 0 Å². The molecule has 0 aliphatic heterocycles. The number of benzene rings is 3. The minimum Gasteiger partial charge on any atom is -0.508 e. The molecule has 0 spiro atoms. The Hall–Kier alpha value is -3.14. The van der Waals surface area contributed by atoms with E-state index in [-0.39, 0.29) is 23.0 Å². The highest BCUT2D eigenvalue weighted by molar-refractivity contribution is 5.51. The van der Waals surface area contributed by atoms with Crippen molar-refractivity contribution in [3.63, 3.8) is 0 Å². The molecule has 146 valence electrons. The van der Waals surface area contributed by atoms with E-state index in [0.29, 0.717) is 11.1 Å². The van der Waals surface area contributed by atoms with Gasteiger partial charge in [-0.1, -0.05) is 52.0 Å². The van der Waals surface area contributed by atoms with Crippen LogP contribution in [-0.4, -0.2) is 20.4 Å². The van der Waals surface area contributed by atoms with Crippen LogP contribution < -0.4 is 0 Å². The summed E-state index contributed by atoms with van der Waals surface area (Å²) in [5.41, 5.74) is 2.22. The number of phenols is 4. The van der Waals surface area contributed by atoms with Crippen LogP contribution in [0.3, 0.4) is 0 Å². The molecule has 3 rings (SSSR count). The fourth-order valence-electron chi connectivity index (χ4n) is 3.66. The molecule has 0 aliphatic carbocycles. The quantitative estimate of drug-likeness (QED) is 0.473. The molecule has 0 atom stereocenters. The van der Waals surface area contributed by atoms with Gasteiger partial charge in [0.25, 0.3) is 0 Å². The Kier molecular flexibility index (Phi) is 4.76. The number of hydrogen-bond donors (Lipinski definition) is 4. The van der Waals surface area contributed by atoms with Crippen molar-refractivity contribution >= 4 is 0 Å². The molecular weight excluding hydrogens is 352 g/mol. The van der Waals surface area contributed by atoms with Crippen molar-refractivity contribution in [3.8, 4) is 23.0 Å². The van der Waals surface area contributed by atoms with E-state index in [9.17, 15) is 20.4 Å². The van der Waals surface area contributed by atoms with E-state index in [1.165, 1.54) is 24.3 Å². The summed E-state index contributed by atoms with van der Waals surface area (Å²) in [5.74, 6) is 0.491. The summed E-state index contributed by atoms with van der Waals surface area (Å²) in [5, 5.41) is 40.2. The normalized spacial score (nSPS) is 12.1. The number of phenolic OH excluding ortho intramolecular Hbond substituents is 4. The third-order valence-electron chi connectivity index (χ3n) is 5.64. The van der Waals surface area contributed by atoms with Gasteiger partial charge in [-0.25, -0.2) is 0 Å². The molecule has 0 heterocycles. The maximum Gasteiger partial charge on any atom is 0.119 e. The average molecular weight is 378 g/mol. The van der Waals surface area contributed by atoms with Crippen molar-refractivity contribution in [3.05, 3.63) is 82.9 Å². The first-order valence-corrected chi connectivity index (χ1v) is 9.19. The molecule has 0 fully saturated rings. The Morgan fingerprint density at radius 1 is 0.500 bits per heavy atom. The zero-order valence-corrected chi connectivity index (χ0v) is 16.6. The molecular formula is C24H26O4. The number of aromatic hydroxyl groups is 4.